The van der Waals surface area contributed by atoms with Gasteiger partial charge >= 0.3 is 18.3 Å². The zero-order chi connectivity index (χ0) is 22.9. The number of hydrogen-bond donors (Lipinski definition) is 2. The molecule has 10 nitrogen and oxygen atoms in total. The number of hydrogen-bond acceptors (Lipinski definition) is 7. The summed E-state index contributed by atoms with van der Waals surface area (Å²) in [7, 11) is 0. The first-order chi connectivity index (χ1) is 13.8. The molecule has 0 aliphatic carbocycles. The van der Waals surface area contributed by atoms with Crippen LogP contribution in [0.5, 0.6) is 0 Å². The minimum atomic E-state index is -1.13. The molecule has 0 saturated heterocycles. The van der Waals surface area contributed by atoms with Gasteiger partial charge in [-0.1, -0.05) is 30.3 Å². The molecule has 0 bridgehead atoms. The third-order valence-corrected chi connectivity index (χ3v) is 2.99. The Morgan fingerprint density at radius 3 is 1.83 bits per heavy atom. The molecule has 1 rings (SSSR count). The van der Waals surface area contributed by atoms with Crippen LogP contribution in [-0.4, -0.2) is 46.9 Å². The van der Waals surface area contributed by atoms with Crippen LogP contribution in [0, 0.1) is 0 Å². The minimum Gasteiger partial charge on any atom is -0.445 e. The number of alkyl carbamates (subject to hydrolysis) is 1. The van der Waals surface area contributed by atoms with E-state index in [0.717, 1.165) is 5.56 Å². The second-order valence-corrected chi connectivity index (χ2v) is 8.25. The molecule has 0 saturated carbocycles. The van der Waals surface area contributed by atoms with E-state index in [9.17, 15) is 19.2 Å². The van der Waals surface area contributed by atoms with E-state index in [2.05, 4.69) is 10.7 Å². The minimum absolute atomic E-state index is 0.0240. The maximum absolute atomic E-state index is 12.3. The average Bonchev–Trinajstić information content (AvgIpc) is 2.60. The highest BCUT2D eigenvalue weighted by molar-refractivity contribution is 5.92. The molecular formula is C20H29N3O7. The van der Waals surface area contributed by atoms with E-state index in [4.69, 9.17) is 14.2 Å². The third-order valence-electron chi connectivity index (χ3n) is 2.99. The van der Waals surface area contributed by atoms with Crippen molar-refractivity contribution in [2.24, 2.45) is 0 Å². The number of ether oxygens (including phenoxy) is 3. The highest BCUT2D eigenvalue weighted by Crippen LogP contribution is 2.13. The number of carbonyl (C=O) groups is 4. The lowest BCUT2D eigenvalue weighted by Gasteiger charge is -2.28. The fourth-order valence-corrected chi connectivity index (χ4v) is 1.87. The van der Waals surface area contributed by atoms with E-state index in [1.54, 1.807) is 65.8 Å². The quantitative estimate of drug-likeness (QED) is 0.563. The molecule has 30 heavy (non-hydrogen) atoms. The summed E-state index contributed by atoms with van der Waals surface area (Å²) in [4.78, 5) is 48.5. The summed E-state index contributed by atoms with van der Waals surface area (Å²) in [5, 5.41) is 2.54. The Kier molecular flexibility index (Phi) is 8.63. The lowest BCUT2D eigenvalue weighted by molar-refractivity contribution is -0.124. The van der Waals surface area contributed by atoms with E-state index in [0.29, 0.717) is 5.01 Å². The SMILES string of the molecule is CC(C)(C)OC(=O)N(NC(=O)CNC(=O)OCc1ccccc1)C(=O)OC(C)(C)C. The summed E-state index contributed by atoms with van der Waals surface area (Å²) < 4.78 is 15.2. The second-order valence-electron chi connectivity index (χ2n) is 8.25. The van der Waals surface area contributed by atoms with Crippen molar-refractivity contribution in [3.8, 4) is 0 Å². The van der Waals surface area contributed by atoms with Gasteiger partial charge in [-0.15, -0.1) is 5.01 Å². The Morgan fingerprint density at radius 2 is 1.37 bits per heavy atom. The summed E-state index contributed by atoms with van der Waals surface area (Å²) >= 11 is 0. The van der Waals surface area contributed by atoms with Gasteiger partial charge in [-0.05, 0) is 47.1 Å². The van der Waals surface area contributed by atoms with Crippen LogP contribution >= 0.6 is 0 Å². The van der Waals surface area contributed by atoms with Gasteiger partial charge in [-0.25, -0.2) is 14.4 Å². The molecule has 0 radical (unpaired) electrons. The van der Waals surface area contributed by atoms with Gasteiger partial charge in [0.1, 0.15) is 24.4 Å². The fraction of sp³-hybridized carbons (Fsp3) is 0.500. The normalized spacial score (nSPS) is 11.1. The maximum Gasteiger partial charge on any atom is 0.439 e. The molecule has 0 spiro atoms. The van der Waals surface area contributed by atoms with E-state index in [1.165, 1.54) is 0 Å². The van der Waals surface area contributed by atoms with E-state index in [-0.39, 0.29) is 6.61 Å². The number of amides is 4. The molecule has 0 aliphatic rings. The van der Waals surface area contributed by atoms with Crippen LogP contribution in [0.1, 0.15) is 47.1 Å². The summed E-state index contributed by atoms with van der Waals surface area (Å²) in [6.45, 7) is 9.09. The lowest BCUT2D eigenvalue weighted by atomic mass is 10.2. The van der Waals surface area contributed by atoms with E-state index in [1.807, 2.05) is 6.07 Å². The number of imide groups is 1. The van der Waals surface area contributed by atoms with Gasteiger partial charge in [-0.3, -0.25) is 10.2 Å². The predicted octanol–water partition coefficient (Wildman–Crippen LogP) is 3.12. The maximum atomic E-state index is 12.3. The van der Waals surface area contributed by atoms with Crippen LogP contribution in [-0.2, 0) is 25.6 Å². The van der Waals surface area contributed by atoms with Gasteiger partial charge < -0.3 is 19.5 Å². The van der Waals surface area contributed by atoms with Gasteiger partial charge in [0.15, 0.2) is 0 Å². The van der Waals surface area contributed by atoms with Crippen molar-refractivity contribution in [2.45, 2.75) is 59.4 Å². The van der Waals surface area contributed by atoms with Crippen molar-refractivity contribution in [3.05, 3.63) is 35.9 Å². The largest absolute Gasteiger partial charge is 0.445 e. The lowest BCUT2D eigenvalue weighted by Crippen LogP contribution is -2.54. The molecule has 166 valence electrons. The molecule has 1 aromatic rings. The molecular weight excluding hydrogens is 394 g/mol. The number of hydrazine groups is 1. The number of carbonyl (C=O) groups excluding carboxylic acids is 4. The van der Waals surface area contributed by atoms with Gasteiger partial charge in [-0.2, -0.15) is 0 Å². The first-order valence-corrected chi connectivity index (χ1v) is 9.27. The van der Waals surface area contributed by atoms with Crippen LogP contribution in [0.2, 0.25) is 0 Å². The van der Waals surface area contributed by atoms with Crippen molar-refractivity contribution < 1.29 is 33.4 Å². The monoisotopic (exact) mass is 423 g/mol. The van der Waals surface area contributed by atoms with Crippen LogP contribution in [0.25, 0.3) is 0 Å². The Labute approximate surface area is 175 Å². The topological polar surface area (TPSA) is 123 Å². The van der Waals surface area contributed by atoms with E-state index < -0.39 is 41.9 Å². The first kappa shape index (κ1) is 24.7. The molecule has 1 aromatic carbocycles. The summed E-state index contributed by atoms with van der Waals surface area (Å²) in [5.41, 5.74) is 1.01. The molecule has 0 atom stereocenters. The van der Waals surface area contributed by atoms with Gasteiger partial charge in [0.05, 0.1) is 0 Å². The Bertz CT molecular complexity index is 724. The van der Waals surface area contributed by atoms with Gasteiger partial charge in [0.2, 0.25) is 0 Å². The smallest absolute Gasteiger partial charge is 0.439 e. The summed E-state index contributed by atoms with van der Waals surface area (Å²) in [6.07, 6.45) is -3.09. The van der Waals surface area contributed by atoms with Crippen LogP contribution in [0.15, 0.2) is 30.3 Å². The first-order valence-electron chi connectivity index (χ1n) is 9.27. The van der Waals surface area contributed by atoms with Crippen molar-refractivity contribution in [3.63, 3.8) is 0 Å². The molecule has 10 heteroatoms. The summed E-state index contributed by atoms with van der Waals surface area (Å²) in [5.74, 6) is -0.858. The average molecular weight is 423 g/mol. The van der Waals surface area contributed by atoms with Crippen molar-refractivity contribution in [1.82, 2.24) is 15.8 Å². The fourth-order valence-electron chi connectivity index (χ4n) is 1.87. The van der Waals surface area contributed by atoms with Crippen molar-refractivity contribution in [2.75, 3.05) is 6.54 Å². The highest BCUT2D eigenvalue weighted by atomic mass is 16.6. The standard InChI is InChI=1S/C20H29N3O7/c1-19(2,3)29-17(26)23(18(27)30-20(4,5)6)22-15(24)12-21-16(25)28-13-14-10-8-7-9-11-14/h7-11H,12-13H2,1-6H3,(H,21,25)(H,22,24). The Balaban J connectivity index is 2.64. The third kappa shape index (κ3) is 10.3. The molecule has 0 heterocycles. The summed E-state index contributed by atoms with van der Waals surface area (Å²) in [6, 6.07) is 8.98. The highest BCUT2D eigenvalue weighted by Gasteiger charge is 2.32. The molecule has 4 amide bonds. The van der Waals surface area contributed by atoms with Crippen molar-refractivity contribution in [1.29, 1.82) is 0 Å². The number of rotatable bonds is 4. The van der Waals surface area contributed by atoms with Crippen LogP contribution < -0.4 is 10.7 Å². The van der Waals surface area contributed by atoms with E-state index >= 15 is 0 Å². The van der Waals surface area contributed by atoms with Gasteiger partial charge in [0.25, 0.3) is 5.91 Å². The molecule has 0 unspecified atom stereocenters. The Morgan fingerprint density at radius 1 is 0.867 bits per heavy atom. The second kappa shape index (κ2) is 10.5. The zero-order valence-corrected chi connectivity index (χ0v) is 18.1. The zero-order valence-electron chi connectivity index (χ0n) is 18.1. The van der Waals surface area contributed by atoms with Crippen LogP contribution in [0.3, 0.4) is 0 Å². The predicted molar refractivity (Wildman–Crippen MR) is 107 cm³/mol. The van der Waals surface area contributed by atoms with Gasteiger partial charge in [0, 0.05) is 0 Å². The van der Waals surface area contributed by atoms with Crippen LogP contribution in [0.4, 0.5) is 14.4 Å². The van der Waals surface area contributed by atoms with Crippen molar-refractivity contribution >= 4 is 24.2 Å². The molecule has 2 N–H and O–H groups in total. The molecule has 0 fully saturated rings. The number of benzene rings is 1. The number of nitrogens with one attached hydrogen (secondary N) is 2. The number of nitrogens with zero attached hydrogens (tertiary/aromatic N) is 1. The Hall–Kier alpha value is -3.30. The molecule has 0 aromatic heterocycles. The molecule has 0 aliphatic heterocycles.